The lowest BCUT2D eigenvalue weighted by Crippen LogP contribution is -2.46. The molecule has 0 bridgehead atoms. The molecule has 1 N–H and O–H groups in total. The van der Waals surface area contributed by atoms with Crippen molar-refractivity contribution < 1.29 is 33.3 Å². The Kier molecular flexibility index (Phi) is 15.8. The summed E-state index contributed by atoms with van der Waals surface area (Å²) in [4.78, 5) is 13.5. The van der Waals surface area contributed by atoms with Crippen LogP contribution in [0.25, 0.3) is 0 Å². The molecule has 1 heterocycles. The van der Waals surface area contributed by atoms with E-state index in [1.54, 1.807) is 6.92 Å². The van der Waals surface area contributed by atoms with E-state index in [9.17, 15) is 15.3 Å². The van der Waals surface area contributed by atoms with Crippen LogP contribution in [0.3, 0.4) is 0 Å². The lowest BCUT2D eigenvalue weighted by molar-refractivity contribution is -0.883. The second kappa shape index (κ2) is 19.0. The fourth-order valence-corrected chi connectivity index (χ4v) is 4.89. The number of azo groups is 1. The predicted octanol–water partition coefficient (Wildman–Crippen LogP) is 4.58. The van der Waals surface area contributed by atoms with Gasteiger partial charge >= 0.3 is 5.97 Å². The highest BCUT2D eigenvalue weighted by atomic mass is 32.1. The number of benzene rings is 1. The average molecular weight is 616 g/mol. The van der Waals surface area contributed by atoms with Crippen molar-refractivity contribution in [1.29, 1.82) is 10.5 Å². The average Bonchev–Trinajstić information content (AvgIpc) is 3.27. The first-order chi connectivity index (χ1) is 20.6. The fraction of sp³-hybridized carbons (Fsp3) is 0.567. The Morgan fingerprint density at radius 1 is 0.953 bits per heavy atom. The van der Waals surface area contributed by atoms with Gasteiger partial charge in [-0.2, -0.15) is 10.5 Å². The third-order valence-electron chi connectivity index (χ3n) is 6.54. The van der Waals surface area contributed by atoms with Crippen molar-refractivity contribution in [2.75, 3.05) is 98.0 Å². The van der Waals surface area contributed by atoms with Gasteiger partial charge in [0.05, 0.1) is 78.2 Å². The van der Waals surface area contributed by atoms with Crippen molar-refractivity contribution in [3.8, 4) is 12.1 Å². The first-order valence-corrected chi connectivity index (χ1v) is 15.0. The molecule has 0 aliphatic carbocycles. The lowest BCUT2D eigenvalue weighted by Gasteiger charge is -2.27. The number of rotatable bonds is 21. The van der Waals surface area contributed by atoms with E-state index in [0.29, 0.717) is 90.6 Å². The van der Waals surface area contributed by atoms with Gasteiger partial charge in [-0.3, -0.25) is 0 Å². The van der Waals surface area contributed by atoms with Crippen LogP contribution in [0, 0.1) is 36.5 Å². The van der Waals surface area contributed by atoms with E-state index in [1.165, 1.54) is 11.3 Å². The summed E-state index contributed by atoms with van der Waals surface area (Å²) < 4.78 is 22.7. The van der Waals surface area contributed by atoms with Crippen LogP contribution in [-0.4, -0.2) is 109 Å². The molecule has 13 heteroatoms. The number of hydrogen-bond acceptors (Lipinski definition) is 11. The van der Waals surface area contributed by atoms with Crippen molar-refractivity contribution >= 4 is 33.7 Å². The van der Waals surface area contributed by atoms with Crippen molar-refractivity contribution in [2.24, 2.45) is 10.2 Å². The second-order valence-electron chi connectivity index (χ2n) is 10.4. The van der Waals surface area contributed by atoms with Gasteiger partial charge in [-0.15, -0.1) is 21.6 Å². The zero-order valence-electron chi connectivity index (χ0n) is 25.8. The standard InChI is InChI=1S/C30H42N6O6S/c1-6-35(9-11-39-13-15-41-17-18-42-16-14-40-12-10-36(4,5)22-29(37)38)25-7-8-27(23(2)19-25)33-34-30-26(20-31)24(3)28(21-32)43-30/h7-8,19H,6,9-18,22H2,1-5H3/p+1/b34-33+. The van der Waals surface area contributed by atoms with Crippen LogP contribution in [0.4, 0.5) is 16.4 Å². The van der Waals surface area contributed by atoms with Crippen molar-refractivity contribution in [3.63, 3.8) is 0 Å². The number of quaternary nitrogens is 1. The molecule has 0 saturated heterocycles. The molecular formula is C30H43N6O6S+. The minimum atomic E-state index is -0.820. The van der Waals surface area contributed by atoms with Gasteiger partial charge < -0.3 is 33.4 Å². The summed E-state index contributed by atoms with van der Waals surface area (Å²) in [6, 6.07) is 10.2. The lowest BCUT2D eigenvalue weighted by atomic mass is 10.1. The van der Waals surface area contributed by atoms with Crippen LogP contribution >= 0.6 is 11.3 Å². The van der Waals surface area contributed by atoms with E-state index in [1.807, 2.05) is 33.2 Å². The van der Waals surface area contributed by atoms with E-state index in [4.69, 9.17) is 24.1 Å². The molecule has 0 aliphatic rings. The molecule has 2 rings (SSSR count). The van der Waals surface area contributed by atoms with E-state index in [2.05, 4.69) is 40.3 Å². The second-order valence-corrected chi connectivity index (χ2v) is 11.4. The maximum absolute atomic E-state index is 10.8. The number of thiophene rings is 1. The Balaban J connectivity index is 1.61. The molecule has 43 heavy (non-hydrogen) atoms. The number of carbonyl (C=O) groups is 1. The molecule has 0 fully saturated rings. The fourth-order valence-electron chi connectivity index (χ4n) is 4.02. The molecule has 0 saturated carbocycles. The molecule has 0 spiro atoms. The van der Waals surface area contributed by atoms with Gasteiger partial charge in [-0.1, -0.05) is 0 Å². The molecule has 1 aromatic heterocycles. The SMILES string of the molecule is CCN(CCOCCOCCOCCOCC[N+](C)(C)CC(=O)O)c1ccc(/N=N/c2sc(C#N)c(C)c2C#N)c(C)c1. The molecule has 1 aromatic carbocycles. The molecule has 0 atom stereocenters. The Bertz CT molecular complexity index is 1280. The minimum Gasteiger partial charge on any atom is -0.477 e. The van der Waals surface area contributed by atoms with Crippen LogP contribution in [0.1, 0.15) is 28.5 Å². The number of nitrogens with zero attached hydrogens (tertiary/aromatic N) is 6. The Morgan fingerprint density at radius 2 is 1.56 bits per heavy atom. The summed E-state index contributed by atoms with van der Waals surface area (Å²) in [5, 5.41) is 36.6. The normalized spacial score (nSPS) is 11.5. The summed E-state index contributed by atoms with van der Waals surface area (Å²) in [5.41, 5.74) is 3.75. The zero-order chi connectivity index (χ0) is 31.7. The van der Waals surface area contributed by atoms with Gasteiger partial charge in [0.25, 0.3) is 0 Å². The summed E-state index contributed by atoms with van der Waals surface area (Å²) in [6.45, 7) is 11.9. The van der Waals surface area contributed by atoms with E-state index >= 15 is 0 Å². The van der Waals surface area contributed by atoms with E-state index in [-0.39, 0.29) is 6.54 Å². The molecule has 0 unspecified atom stereocenters. The third-order valence-corrected chi connectivity index (χ3v) is 7.62. The van der Waals surface area contributed by atoms with Crippen LogP contribution in [0.5, 0.6) is 0 Å². The smallest absolute Gasteiger partial charge is 0.359 e. The van der Waals surface area contributed by atoms with Gasteiger partial charge in [0.2, 0.25) is 0 Å². The first kappa shape index (κ1) is 35.8. The number of carboxylic acids is 1. The van der Waals surface area contributed by atoms with Crippen molar-refractivity contribution in [2.45, 2.75) is 20.8 Å². The van der Waals surface area contributed by atoms with E-state index in [0.717, 1.165) is 24.3 Å². The van der Waals surface area contributed by atoms with Crippen LogP contribution in [-0.2, 0) is 23.7 Å². The topological polar surface area (TPSA) is 150 Å². The minimum absolute atomic E-state index is 0.0656. The number of nitriles is 2. The van der Waals surface area contributed by atoms with Crippen LogP contribution in [0.15, 0.2) is 28.4 Å². The van der Waals surface area contributed by atoms with Gasteiger partial charge in [0.1, 0.15) is 23.6 Å². The highest BCUT2D eigenvalue weighted by Gasteiger charge is 2.19. The third kappa shape index (κ3) is 12.8. The highest BCUT2D eigenvalue weighted by Crippen LogP contribution is 2.36. The maximum atomic E-state index is 10.8. The predicted molar refractivity (Wildman–Crippen MR) is 164 cm³/mol. The number of likely N-dealkylation sites (N-methyl/N-ethyl adjacent to an activating group) is 2. The molecule has 0 radical (unpaired) electrons. The monoisotopic (exact) mass is 615 g/mol. The van der Waals surface area contributed by atoms with Gasteiger partial charge in [-0.05, 0) is 50.1 Å². The van der Waals surface area contributed by atoms with Gasteiger partial charge in [0, 0.05) is 18.8 Å². The van der Waals surface area contributed by atoms with Gasteiger partial charge in [-0.25, -0.2) is 4.79 Å². The molecule has 234 valence electrons. The van der Waals surface area contributed by atoms with Gasteiger partial charge in [0.15, 0.2) is 11.5 Å². The summed E-state index contributed by atoms with van der Waals surface area (Å²) in [7, 11) is 3.72. The number of anilines is 1. The first-order valence-electron chi connectivity index (χ1n) is 14.2. The Labute approximate surface area is 258 Å². The number of aryl methyl sites for hydroxylation is 1. The van der Waals surface area contributed by atoms with E-state index < -0.39 is 5.97 Å². The largest absolute Gasteiger partial charge is 0.477 e. The molecular weight excluding hydrogens is 572 g/mol. The molecule has 2 aromatic rings. The molecule has 0 aliphatic heterocycles. The number of ether oxygens (including phenoxy) is 4. The highest BCUT2D eigenvalue weighted by molar-refractivity contribution is 7.16. The van der Waals surface area contributed by atoms with Crippen LogP contribution < -0.4 is 4.90 Å². The number of aliphatic carboxylic acids is 1. The number of hydrogen-bond donors (Lipinski definition) is 1. The van der Waals surface area contributed by atoms with Crippen molar-refractivity contribution in [3.05, 3.63) is 39.8 Å². The quantitative estimate of drug-likeness (QED) is 0.121. The Hall–Kier alpha value is -3.43. The summed E-state index contributed by atoms with van der Waals surface area (Å²) in [6.07, 6.45) is 0. The summed E-state index contributed by atoms with van der Waals surface area (Å²) >= 11 is 1.17. The summed E-state index contributed by atoms with van der Waals surface area (Å²) in [5.74, 6) is -0.820. The molecule has 12 nitrogen and oxygen atoms in total. The van der Waals surface area contributed by atoms with Crippen LogP contribution in [0.2, 0.25) is 0 Å². The Morgan fingerprint density at radius 3 is 2.09 bits per heavy atom. The molecule has 0 amide bonds. The number of carboxylic acid groups (broad SMARTS) is 1. The zero-order valence-corrected chi connectivity index (χ0v) is 26.6. The van der Waals surface area contributed by atoms with Crippen molar-refractivity contribution in [1.82, 2.24) is 0 Å². The maximum Gasteiger partial charge on any atom is 0.359 e.